The first kappa shape index (κ1) is 16.8. The molecule has 0 atom stereocenters. The molecule has 0 unspecified atom stereocenters. The van der Waals surface area contributed by atoms with Crippen molar-refractivity contribution in [3.63, 3.8) is 0 Å². The largest absolute Gasteiger partial charge is 0.493 e. The highest BCUT2D eigenvalue weighted by atomic mass is 35.5. The van der Waals surface area contributed by atoms with Gasteiger partial charge in [-0.3, -0.25) is 0 Å². The minimum atomic E-state index is -3.34. The van der Waals surface area contributed by atoms with Crippen LogP contribution in [0.2, 0.25) is 5.02 Å². The number of ether oxygens (including phenoxy) is 1. The van der Waals surface area contributed by atoms with E-state index in [1.165, 1.54) is 12.1 Å². The fourth-order valence-corrected chi connectivity index (χ4v) is 3.38. The molecule has 0 saturated heterocycles. The van der Waals surface area contributed by atoms with Gasteiger partial charge >= 0.3 is 0 Å². The first-order valence-corrected chi connectivity index (χ1v) is 8.86. The lowest BCUT2D eigenvalue weighted by Crippen LogP contribution is -2.11. The van der Waals surface area contributed by atoms with E-state index in [-0.39, 0.29) is 23.9 Å². The average Bonchev–Trinajstić information content (AvgIpc) is 2.52. The van der Waals surface area contributed by atoms with E-state index < -0.39 is 9.84 Å². The zero-order valence-electron chi connectivity index (χ0n) is 11.9. The predicted octanol–water partition coefficient (Wildman–Crippen LogP) is 3.08. The number of aliphatic hydroxyl groups is 1. The fourth-order valence-electron chi connectivity index (χ4n) is 1.97. The summed E-state index contributed by atoms with van der Waals surface area (Å²) in [6.45, 7) is 0.156. The summed E-state index contributed by atoms with van der Waals surface area (Å²) in [7, 11) is -3.34. The Morgan fingerprint density at radius 1 is 1.05 bits per heavy atom. The van der Waals surface area contributed by atoms with E-state index in [2.05, 4.69) is 0 Å². The van der Waals surface area contributed by atoms with Crippen LogP contribution in [0.5, 0.6) is 5.75 Å². The molecule has 0 saturated carbocycles. The Labute approximate surface area is 135 Å². The molecule has 0 heterocycles. The summed E-state index contributed by atoms with van der Waals surface area (Å²) in [5.41, 5.74) is 0.683. The number of sulfone groups is 1. The molecule has 0 aliphatic carbocycles. The summed E-state index contributed by atoms with van der Waals surface area (Å²) in [6, 6.07) is 13.2. The maximum absolute atomic E-state index is 12.1. The summed E-state index contributed by atoms with van der Waals surface area (Å²) >= 11 is 5.75. The minimum absolute atomic E-state index is 0.00404. The highest BCUT2D eigenvalue weighted by Gasteiger charge is 2.14. The van der Waals surface area contributed by atoms with Gasteiger partial charge in [0, 0.05) is 10.6 Å². The van der Waals surface area contributed by atoms with Crippen molar-refractivity contribution >= 4 is 21.4 Å². The zero-order chi connectivity index (χ0) is 16.0. The predicted molar refractivity (Wildman–Crippen MR) is 86.0 cm³/mol. The van der Waals surface area contributed by atoms with Gasteiger partial charge in [-0.1, -0.05) is 29.8 Å². The number of halogens is 1. The number of rotatable bonds is 7. The normalized spacial score (nSPS) is 11.4. The molecule has 2 aromatic carbocycles. The minimum Gasteiger partial charge on any atom is -0.493 e. The van der Waals surface area contributed by atoms with Crippen molar-refractivity contribution in [3.8, 4) is 5.75 Å². The molecule has 0 aliphatic heterocycles. The SMILES string of the molecule is O=S(=O)(CCCOc1ccccc1CO)c1ccc(Cl)cc1. The number of aliphatic hydroxyl groups excluding tert-OH is 1. The Morgan fingerprint density at radius 2 is 1.73 bits per heavy atom. The molecule has 6 heteroatoms. The Balaban J connectivity index is 1.89. The van der Waals surface area contributed by atoms with Crippen LogP contribution in [0.3, 0.4) is 0 Å². The standard InChI is InChI=1S/C16H17ClO4S/c17-14-6-8-15(9-7-14)22(19,20)11-3-10-21-16-5-2-1-4-13(16)12-18/h1-2,4-9,18H,3,10-12H2. The molecule has 0 aromatic heterocycles. The first-order chi connectivity index (χ1) is 10.5. The van der Waals surface area contributed by atoms with Crippen LogP contribution < -0.4 is 4.74 Å². The van der Waals surface area contributed by atoms with E-state index >= 15 is 0 Å². The summed E-state index contributed by atoms with van der Waals surface area (Å²) in [6.07, 6.45) is 0.366. The molecular weight excluding hydrogens is 324 g/mol. The van der Waals surface area contributed by atoms with Crippen LogP contribution >= 0.6 is 11.6 Å². The van der Waals surface area contributed by atoms with Gasteiger partial charge in [0.1, 0.15) is 5.75 Å². The molecule has 1 N–H and O–H groups in total. The number of benzene rings is 2. The molecule has 0 bridgehead atoms. The van der Waals surface area contributed by atoms with Crippen LogP contribution in [0.4, 0.5) is 0 Å². The highest BCUT2D eigenvalue weighted by molar-refractivity contribution is 7.91. The van der Waals surface area contributed by atoms with Gasteiger partial charge < -0.3 is 9.84 Å². The maximum atomic E-state index is 12.1. The van der Waals surface area contributed by atoms with Gasteiger partial charge in [-0.25, -0.2) is 8.42 Å². The molecule has 0 radical (unpaired) electrons. The van der Waals surface area contributed by atoms with Gasteiger partial charge in [0.15, 0.2) is 9.84 Å². The van der Waals surface area contributed by atoms with Crippen LogP contribution in [-0.4, -0.2) is 25.9 Å². The van der Waals surface area contributed by atoms with Gasteiger partial charge in [0.25, 0.3) is 0 Å². The molecule has 0 fully saturated rings. The van der Waals surface area contributed by atoms with Crippen molar-refractivity contribution in [3.05, 3.63) is 59.1 Å². The van der Waals surface area contributed by atoms with Gasteiger partial charge in [-0.05, 0) is 36.8 Å². The third-order valence-electron chi connectivity index (χ3n) is 3.13. The van der Waals surface area contributed by atoms with E-state index in [1.807, 2.05) is 6.07 Å². The molecule has 0 amide bonds. The second-order valence-electron chi connectivity index (χ2n) is 4.74. The number of para-hydroxylation sites is 1. The second kappa shape index (κ2) is 7.63. The van der Waals surface area contributed by atoms with Crippen molar-refractivity contribution in [2.75, 3.05) is 12.4 Å². The van der Waals surface area contributed by atoms with Crippen LogP contribution in [0.15, 0.2) is 53.4 Å². The summed E-state index contributed by atoms with van der Waals surface area (Å²) in [5.74, 6) is 0.574. The van der Waals surface area contributed by atoms with Crippen LogP contribution in [0.1, 0.15) is 12.0 Å². The smallest absolute Gasteiger partial charge is 0.178 e. The first-order valence-electron chi connectivity index (χ1n) is 6.83. The molecule has 0 aliphatic rings. The molecular formula is C16H17ClO4S. The Bertz CT molecular complexity index is 711. The van der Waals surface area contributed by atoms with Crippen molar-refractivity contribution in [1.82, 2.24) is 0 Å². The van der Waals surface area contributed by atoms with Crippen molar-refractivity contribution < 1.29 is 18.3 Å². The topological polar surface area (TPSA) is 63.6 Å². The van der Waals surface area contributed by atoms with E-state index in [0.29, 0.717) is 22.8 Å². The number of hydrogen-bond donors (Lipinski definition) is 1. The van der Waals surface area contributed by atoms with Crippen molar-refractivity contribution in [2.24, 2.45) is 0 Å². The summed E-state index contributed by atoms with van der Waals surface area (Å²) in [5, 5.41) is 9.69. The van der Waals surface area contributed by atoms with Crippen molar-refractivity contribution in [1.29, 1.82) is 0 Å². The third-order valence-corrected chi connectivity index (χ3v) is 5.20. The van der Waals surface area contributed by atoms with Crippen molar-refractivity contribution in [2.45, 2.75) is 17.9 Å². The number of hydrogen-bond acceptors (Lipinski definition) is 4. The highest BCUT2D eigenvalue weighted by Crippen LogP contribution is 2.19. The Hall–Kier alpha value is -1.56. The maximum Gasteiger partial charge on any atom is 0.178 e. The van der Waals surface area contributed by atoms with Crippen LogP contribution in [0, 0.1) is 0 Å². The van der Waals surface area contributed by atoms with Gasteiger partial charge in [0.2, 0.25) is 0 Å². The molecule has 0 spiro atoms. The molecule has 118 valence electrons. The van der Waals surface area contributed by atoms with E-state index in [4.69, 9.17) is 16.3 Å². The lowest BCUT2D eigenvalue weighted by Gasteiger charge is -2.10. The molecule has 2 aromatic rings. The zero-order valence-corrected chi connectivity index (χ0v) is 13.5. The van der Waals surface area contributed by atoms with E-state index in [9.17, 15) is 13.5 Å². The van der Waals surface area contributed by atoms with E-state index in [1.54, 1.807) is 30.3 Å². The monoisotopic (exact) mass is 340 g/mol. The lowest BCUT2D eigenvalue weighted by molar-refractivity contribution is 0.263. The summed E-state index contributed by atoms with van der Waals surface area (Å²) in [4.78, 5) is 0.257. The third kappa shape index (κ3) is 4.47. The molecule has 22 heavy (non-hydrogen) atoms. The Morgan fingerprint density at radius 3 is 2.41 bits per heavy atom. The van der Waals surface area contributed by atoms with Gasteiger partial charge in [-0.15, -0.1) is 0 Å². The van der Waals surface area contributed by atoms with Crippen LogP contribution in [0.25, 0.3) is 0 Å². The van der Waals surface area contributed by atoms with Gasteiger partial charge in [-0.2, -0.15) is 0 Å². The molecule has 4 nitrogen and oxygen atoms in total. The Kier molecular flexibility index (Phi) is 5.83. The average molecular weight is 341 g/mol. The fraction of sp³-hybridized carbons (Fsp3) is 0.250. The second-order valence-corrected chi connectivity index (χ2v) is 7.29. The lowest BCUT2D eigenvalue weighted by atomic mass is 10.2. The van der Waals surface area contributed by atoms with E-state index in [0.717, 1.165) is 0 Å². The van der Waals surface area contributed by atoms with Crippen LogP contribution in [-0.2, 0) is 16.4 Å². The quantitative estimate of drug-likeness (QED) is 0.787. The van der Waals surface area contributed by atoms with Gasteiger partial charge in [0.05, 0.1) is 23.9 Å². The summed E-state index contributed by atoms with van der Waals surface area (Å²) < 4.78 is 29.8. The molecule has 2 rings (SSSR count).